The molecule has 0 spiro atoms. The second-order valence-corrected chi connectivity index (χ2v) is 6.72. The number of rotatable bonds is 6. The van der Waals surface area contributed by atoms with Crippen LogP contribution in [0.2, 0.25) is 0 Å². The fraction of sp³-hybridized carbons (Fsp3) is 0.130. The minimum absolute atomic E-state index is 0.0434. The first kappa shape index (κ1) is 20.9. The first-order valence-corrected chi connectivity index (χ1v) is 9.88. The Labute approximate surface area is 184 Å². The van der Waals surface area contributed by atoms with E-state index in [9.17, 15) is 9.90 Å². The van der Waals surface area contributed by atoms with Crippen LogP contribution in [0.3, 0.4) is 0 Å². The molecule has 162 valence electrons. The SMILES string of the molecule is CCOc1ccc(NC(=O)Nc2cnc3ccc(-c4ccc(O)c(OC)c4)nc3n2)cc1. The van der Waals surface area contributed by atoms with Gasteiger partial charge >= 0.3 is 6.03 Å². The second kappa shape index (κ2) is 9.17. The molecule has 0 aliphatic rings. The average molecular weight is 431 g/mol. The van der Waals surface area contributed by atoms with Crippen LogP contribution in [-0.4, -0.2) is 39.8 Å². The number of nitrogens with one attached hydrogen (secondary N) is 2. The summed E-state index contributed by atoms with van der Waals surface area (Å²) in [5.74, 6) is 1.37. The zero-order chi connectivity index (χ0) is 22.5. The van der Waals surface area contributed by atoms with Crippen LogP contribution in [0.5, 0.6) is 17.2 Å². The number of carbonyl (C=O) groups excluding carboxylic acids is 1. The number of hydrogen-bond donors (Lipinski definition) is 3. The molecule has 2 aromatic carbocycles. The van der Waals surface area contributed by atoms with Crippen molar-refractivity contribution in [3.05, 3.63) is 60.8 Å². The number of anilines is 2. The minimum atomic E-state index is -0.456. The first-order valence-electron chi connectivity index (χ1n) is 9.88. The number of phenolic OH excluding ortho intramolecular Hbond substituents is 1. The molecular weight excluding hydrogens is 410 g/mol. The highest BCUT2D eigenvalue weighted by molar-refractivity contribution is 5.99. The smallest absolute Gasteiger partial charge is 0.324 e. The number of methoxy groups -OCH3 is 1. The number of pyridine rings is 1. The van der Waals surface area contributed by atoms with E-state index in [1.165, 1.54) is 19.4 Å². The van der Waals surface area contributed by atoms with Crippen molar-refractivity contribution in [3.8, 4) is 28.5 Å². The third-order valence-electron chi connectivity index (χ3n) is 4.55. The van der Waals surface area contributed by atoms with Crippen molar-refractivity contribution < 1.29 is 19.4 Å². The molecule has 9 nitrogen and oxygen atoms in total. The monoisotopic (exact) mass is 431 g/mol. The van der Waals surface area contributed by atoms with E-state index in [0.29, 0.717) is 34.9 Å². The Morgan fingerprint density at radius 3 is 2.59 bits per heavy atom. The third-order valence-corrected chi connectivity index (χ3v) is 4.55. The number of carbonyl (C=O) groups is 1. The molecule has 3 N–H and O–H groups in total. The predicted octanol–water partition coefficient (Wildman–Crippen LogP) is 4.45. The normalized spacial score (nSPS) is 10.6. The Bertz CT molecular complexity index is 1260. The van der Waals surface area contributed by atoms with Gasteiger partial charge in [0.25, 0.3) is 0 Å². The van der Waals surface area contributed by atoms with E-state index in [-0.39, 0.29) is 11.6 Å². The van der Waals surface area contributed by atoms with E-state index in [0.717, 1.165) is 11.3 Å². The van der Waals surface area contributed by atoms with Gasteiger partial charge in [-0.05, 0) is 61.5 Å². The van der Waals surface area contributed by atoms with Crippen LogP contribution in [0.25, 0.3) is 22.4 Å². The summed E-state index contributed by atoms with van der Waals surface area (Å²) in [5, 5.41) is 15.2. The van der Waals surface area contributed by atoms with Gasteiger partial charge in [-0.2, -0.15) is 0 Å². The lowest BCUT2D eigenvalue weighted by molar-refractivity contribution is 0.262. The van der Waals surface area contributed by atoms with Gasteiger partial charge in [0.15, 0.2) is 23.0 Å². The first-order chi connectivity index (χ1) is 15.6. The third kappa shape index (κ3) is 4.67. The minimum Gasteiger partial charge on any atom is -0.504 e. The summed E-state index contributed by atoms with van der Waals surface area (Å²) in [6.07, 6.45) is 1.46. The number of phenols is 1. The predicted molar refractivity (Wildman–Crippen MR) is 121 cm³/mol. The number of ether oxygens (including phenoxy) is 2. The fourth-order valence-electron chi connectivity index (χ4n) is 3.04. The molecule has 0 aliphatic heterocycles. The van der Waals surface area contributed by atoms with Gasteiger partial charge in [0.1, 0.15) is 11.3 Å². The average Bonchev–Trinajstić information content (AvgIpc) is 2.80. The van der Waals surface area contributed by atoms with Crippen molar-refractivity contribution in [2.75, 3.05) is 24.4 Å². The summed E-state index contributed by atoms with van der Waals surface area (Å²) in [6, 6.07) is 15.1. The van der Waals surface area contributed by atoms with Gasteiger partial charge in [0.2, 0.25) is 0 Å². The summed E-state index contributed by atoms with van der Waals surface area (Å²) in [7, 11) is 1.48. The molecule has 0 fully saturated rings. The van der Waals surface area contributed by atoms with E-state index in [1.807, 2.05) is 6.92 Å². The van der Waals surface area contributed by atoms with Crippen LogP contribution >= 0.6 is 0 Å². The number of aromatic hydroxyl groups is 1. The topological polar surface area (TPSA) is 118 Å². The standard InChI is InChI=1S/C23H21N5O4/c1-3-32-16-7-5-15(6-8-16)25-23(30)28-21-13-24-18-10-9-17(26-22(18)27-21)14-4-11-19(29)20(12-14)31-2/h4-13,29H,3H2,1-2H3,(H2,25,26,27,28,30). The van der Waals surface area contributed by atoms with Gasteiger partial charge in [-0.15, -0.1) is 0 Å². The Hall–Kier alpha value is -4.40. The number of nitrogens with zero attached hydrogens (tertiary/aromatic N) is 3. The zero-order valence-electron chi connectivity index (χ0n) is 17.5. The maximum atomic E-state index is 12.3. The molecule has 4 aromatic rings. The number of hydrogen-bond acceptors (Lipinski definition) is 7. The van der Waals surface area contributed by atoms with Crippen molar-refractivity contribution in [2.45, 2.75) is 6.92 Å². The van der Waals surface area contributed by atoms with Crippen LogP contribution in [0.1, 0.15) is 6.92 Å². The van der Waals surface area contributed by atoms with Crippen molar-refractivity contribution in [1.29, 1.82) is 0 Å². The quantitative estimate of drug-likeness (QED) is 0.413. The van der Waals surface area contributed by atoms with Crippen molar-refractivity contribution >= 4 is 28.7 Å². The molecule has 0 saturated heterocycles. The Morgan fingerprint density at radius 2 is 1.84 bits per heavy atom. The summed E-state index contributed by atoms with van der Waals surface area (Å²) in [5.41, 5.74) is 2.93. The Morgan fingerprint density at radius 1 is 1.03 bits per heavy atom. The molecule has 32 heavy (non-hydrogen) atoms. The fourth-order valence-corrected chi connectivity index (χ4v) is 3.04. The number of benzene rings is 2. The van der Waals surface area contributed by atoms with Crippen LogP contribution in [0.4, 0.5) is 16.3 Å². The van der Waals surface area contributed by atoms with Crippen molar-refractivity contribution in [3.63, 3.8) is 0 Å². The Kier molecular flexibility index (Phi) is 5.98. The lowest BCUT2D eigenvalue weighted by Crippen LogP contribution is -2.20. The van der Waals surface area contributed by atoms with Gasteiger partial charge in [-0.1, -0.05) is 0 Å². The molecule has 2 heterocycles. The van der Waals surface area contributed by atoms with Crippen LogP contribution < -0.4 is 20.1 Å². The van der Waals surface area contributed by atoms with Crippen LogP contribution in [0.15, 0.2) is 60.8 Å². The van der Waals surface area contributed by atoms with Gasteiger partial charge in [0, 0.05) is 11.3 Å². The summed E-state index contributed by atoms with van der Waals surface area (Å²) in [6.45, 7) is 2.48. The van der Waals surface area contributed by atoms with Crippen LogP contribution in [0, 0.1) is 0 Å². The second-order valence-electron chi connectivity index (χ2n) is 6.72. The Balaban J connectivity index is 1.51. The largest absolute Gasteiger partial charge is 0.504 e. The van der Waals surface area contributed by atoms with Gasteiger partial charge < -0.3 is 19.9 Å². The maximum Gasteiger partial charge on any atom is 0.324 e. The number of amides is 2. The summed E-state index contributed by atoms with van der Waals surface area (Å²) < 4.78 is 10.5. The highest BCUT2D eigenvalue weighted by Crippen LogP contribution is 2.31. The molecule has 4 rings (SSSR count). The molecule has 0 aliphatic carbocycles. The maximum absolute atomic E-state index is 12.3. The molecule has 0 atom stereocenters. The molecule has 0 bridgehead atoms. The van der Waals surface area contributed by atoms with Gasteiger partial charge in [0.05, 0.1) is 25.6 Å². The van der Waals surface area contributed by atoms with E-state index < -0.39 is 6.03 Å². The zero-order valence-corrected chi connectivity index (χ0v) is 17.5. The van der Waals surface area contributed by atoms with Crippen molar-refractivity contribution in [2.24, 2.45) is 0 Å². The number of fused-ring (bicyclic) bond motifs is 1. The number of aromatic nitrogens is 3. The summed E-state index contributed by atoms with van der Waals surface area (Å²) >= 11 is 0. The lowest BCUT2D eigenvalue weighted by Gasteiger charge is -2.09. The molecule has 2 aromatic heterocycles. The highest BCUT2D eigenvalue weighted by atomic mass is 16.5. The number of urea groups is 1. The molecule has 0 radical (unpaired) electrons. The van der Waals surface area contributed by atoms with E-state index >= 15 is 0 Å². The van der Waals surface area contributed by atoms with E-state index in [2.05, 4.69) is 25.6 Å². The van der Waals surface area contributed by atoms with Crippen LogP contribution in [-0.2, 0) is 0 Å². The highest BCUT2D eigenvalue weighted by Gasteiger charge is 2.10. The van der Waals surface area contributed by atoms with Gasteiger partial charge in [-0.3, -0.25) is 5.32 Å². The molecule has 0 saturated carbocycles. The molecule has 9 heteroatoms. The molecule has 0 unspecified atom stereocenters. The van der Waals surface area contributed by atoms with Gasteiger partial charge in [-0.25, -0.2) is 19.7 Å². The van der Waals surface area contributed by atoms with E-state index in [1.54, 1.807) is 48.5 Å². The van der Waals surface area contributed by atoms with E-state index in [4.69, 9.17) is 9.47 Å². The van der Waals surface area contributed by atoms with Crippen molar-refractivity contribution in [1.82, 2.24) is 15.0 Å². The molecule has 2 amide bonds. The lowest BCUT2D eigenvalue weighted by atomic mass is 10.1. The summed E-state index contributed by atoms with van der Waals surface area (Å²) in [4.78, 5) is 25.6. The molecular formula is C23H21N5O4.